The third-order valence-electron chi connectivity index (χ3n) is 3.02. The first kappa shape index (κ1) is 25.4. The molecule has 0 heterocycles. The van der Waals surface area contributed by atoms with Gasteiger partial charge in [0.15, 0.2) is 10.2 Å². The maximum absolute atomic E-state index is 12.2. The van der Waals surface area contributed by atoms with Crippen LogP contribution in [-0.2, 0) is 0 Å². The molecule has 0 aliphatic rings. The normalized spacial score (nSPS) is 12.9. The quantitative estimate of drug-likeness (QED) is 0.142. The Hall–Kier alpha value is -2.68. The number of alkyl halides is 6. The molecule has 1 rings (SSSR count). The Morgan fingerprint density at radius 3 is 1.73 bits per heavy atom. The molecule has 0 atom stereocenters. The minimum Gasteiger partial charge on any atom is -0.399 e. The third kappa shape index (κ3) is 10.8. The van der Waals surface area contributed by atoms with Crippen LogP contribution in [0.1, 0.15) is 12.5 Å². The van der Waals surface area contributed by atoms with Gasteiger partial charge in [-0.2, -0.15) is 36.5 Å². The van der Waals surface area contributed by atoms with Gasteiger partial charge in [-0.15, -0.1) is 0 Å². The molecule has 1 aromatic carbocycles. The van der Waals surface area contributed by atoms with Crippen LogP contribution in [0.3, 0.4) is 0 Å². The number of rotatable bonds is 6. The van der Waals surface area contributed by atoms with E-state index in [-0.39, 0.29) is 11.4 Å². The Morgan fingerprint density at radius 2 is 1.30 bits per heavy atom. The van der Waals surface area contributed by atoms with Gasteiger partial charge in [-0.1, -0.05) is 12.1 Å². The van der Waals surface area contributed by atoms with Crippen LogP contribution in [0.15, 0.2) is 34.5 Å². The van der Waals surface area contributed by atoms with Gasteiger partial charge in [0.05, 0.1) is 5.71 Å². The zero-order valence-electron chi connectivity index (χ0n) is 15.3. The van der Waals surface area contributed by atoms with Gasteiger partial charge < -0.3 is 16.4 Å². The number of nitrogens with two attached hydrogens (primary N) is 1. The van der Waals surface area contributed by atoms with Crippen molar-refractivity contribution in [3.05, 3.63) is 29.8 Å². The van der Waals surface area contributed by atoms with Crippen molar-refractivity contribution in [2.75, 3.05) is 18.8 Å². The van der Waals surface area contributed by atoms with E-state index >= 15 is 0 Å². The van der Waals surface area contributed by atoms with Crippen molar-refractivity contribution in [3.63, 3.8) is 0 Å². The maximum atomic E-state index is 12.2. The molecule has 0 saturated heterocycles. The lowest BCUT2D eigenvalue weighted by atomic mass is 10.1. The summed E-state index contributed by atoms with van der Waals surface area (Å²) in [6.45, 7) is -1.27. The Bertz CT molecular complexity index is 803. The lowest BCUT2D eigenvalue weighted by Crippen LogP contribution is -2.40. The van der Waals surface area contributed by atoms with Gasteiger partial charge in [0.2, 0.25) is 0 Å². The van der Waals surface area contributed by atoms with E-state index in [1.54, 1.807) is 24.3 Å². The summed E-state index contributed by atoms with van der Waals surface area (Å²) in [5.74, 6) is 0. The smallest absolute Gasteiger partial charge is 0.399 e. The number of hydrogen-bond acceptors (Lipinski definition) is 5. The topological polar surface area (TPSA) is 98.9 Å². The fraction of sp³-hybridized carbons (Fsp3) is 0.333. The van der Waals surface area contributed by atoms with E-state index < -0.39 is 35.7 Å². The zero-order valence-corrected chi connectivity index (χ0v) is 16.9. The lowest BCUT2D eigenvalue weighted by molar-refractivity contribution is -0.122. The fourth-order valence-corrected chi connectivity index (χ4v) is 1.97. The molecule has 166 valence electrons. The molecular formula is C15H17F6N7S2. The van der Waals surface area contributed by atoms with Crippen LogP contribution in [-0.4, -0.2) is 47.1 Å². The summed E-state index contributed by atoms with van der Waals surface area (Å²) in [4.78, 5) is 0. The molecule has 30 heavy (non-hydrogen) atoms. The summed E-state index contributed by atoms with van der Waals surface area (Å²) in [6.07, 6.45) is -8.94. The van der Waals surface area contributed by atoms with E-state index in [1.165, 1.54) is 6.92 Å². The molecule has 0 radical (unpaired) electrons. The van der Waals surface area contributed by atoms with Crippen molar-refractivity contribution in [1.82, 2.24) is 21.5 Å². The number of hydrazone groups is 2. The van der Waals surface area contributed by atoms with Crippen molar-refractivity contribution in [2.24, 2.45) is 10.2 Å². The van der Waals surface area contributed by atoms with Crippen molar-refractivity contribution >= 4 is 51.8 Å². The first-order valence-corrected chi connectivity index (χ1v) is 8.78. The number of nitrogens with one attached hydrogen (secondary N) is 4. The van der Waals surface area contributed by atoms with Gasteiger partial charge >= 0.3 is 12.4 Å². The summed E-state index contributed by atoms with van der Waals surface area (Å²) in [6, 6.07) is 6.20. The van der Waals surface area contributed by atoms with Crippen LogP contribution in [0.2, 0.25) is 0 Å². The minimum atomic E-state index is -4.48. The van der Waals surface area contributed by atoms with E-state index in [2.05, 4.69) is 21.1 Å². The molecular weight excluding hydrogens is 456 g/mol. The number of nitrogen functional groups attached to an aromatic ring is 1. The SMILES string of the molecule is CC(=N\NC(=S)NCC(F)(F)F)/C(=N/NC(=S)NCC(F)(F)F)c1ccc(N)cc1. The molecule has 6 N–H and O–H groups in total. The van der Waals surface area contributed by atoms with Gasteiger partial charge in [0.25, 0.3) is 0 Å². The number of thiocarbonyl (C=S) groups is 2. The summed E-state index contributed by atoms with van der Waals surface area (Å²) in [5, 5.41) is 10.8. The van der Waals surface area contributed by atoms with E-state index in [1.807, 2.05) is 10.6 Å². The van der Waals surface area contributed by atoms with Gasteiger partial charge in [0.1, 0.15) is 18.8 Å². The van der Waals surface area contributed by atoms with Crippen molar-refractivity contribution in [3.8, 4) is 0 Å². The van der Waals surface area contributed by atoms with Gasteiger partial charge in [-0.05, 0) is 43.5 Å². The third-order valence-corrected chi connectivity index (χ3v) is 3.49. The first-order valence-electron chi connectivity index (χ1n) is 7.96. The molecule has 0 aliphatic carbocycles. The van der Waals surface area contributed by atoms with E-state index in [4.69, 9.17) is 30.2 Å². The Morgan fingerprint density at radius 1 is 0.867 bits per heavy atom. The van der Waals surface area contributed by atoms with E-state index in [0.717, 1.165) is 0 Å². The Labute approximate surface area is 178 Å². The molecule has 0 aromatic heterocycles. The molecule has 0 unspecified atom stereocenters. The van der Waals surface area contributed by atoms with Crippen LogP contribution in [0.25, 0.3) is 0 Å². The van der Waals surface area contributed by atoms with Gasteiger partial charge in [0, 0.05) is 11.3 Å². The Balaban J connectivity index is 2.93. The minimum absolute atomic E-state index is 0.122. The standard InChI is InChI=1S/C15H17F6N7S2/c1-8(25-27-12(29)23-6-14(16,17)18)11(9-2-4-10(22)5-3-9)26-28-13(30)24-7-15(19,20)21/h2-5H,6-7,22H2,1H3,(H2,23,27,29)(H2,24,28,30)/b25-8+,26-11-. The van der Waals surface area contributed by atoms with Crippen LogP contribution in [0.4, 0.5) is 32.0 Å². The van der Waals surface area contributed by atoms with Crippen LogP contribution in [0.5, 0.6) is 0 Å². The molecule has 0 spiro atoms. The Kier molecular flexibility index (Phi) is 9.22. The molecule has 0 saturated carbocycles. The lowest BCUT2D eigenvalue weighted by Gasteiger charge is -2.13. The number of hydrogen-bond donors (Lipinski definition) is 5. The number of nitrogens with zero attached hydrogens (tertiary/aromatic N) is 2. The summed E-state index contributed by atoms with van der Waals surface area (Å²) in [5.41, 5.74) is 11.3. The maximum Gasteiger partial charge on any atom is 0.405 e. The predicted octanol–water partition coefficient (Wildman–Crippen LogP) is 2.40. The average Bonchev–Trinajstić information content (AvgIpc) is 2.63. The highest BCUT2D eigenvalue weighted by atomic mass is 32.1. The molecule has 15 heteroatoms. The summed E-state index contributed by atoms with van der Waals surface area (Å²) < 4.78 is 73.3. The number of benzene rings is 1. The second-order valence-corrected chi connectivity index (χ2v) is 6.42. The molecule has 0 bridgehead atoms. The van der Waals surface area contributed by atoms with Crippen molar-refractivity contribution < 1.29 is 26.3 Å². The van der Waals surface area contributed by atoms with Crippen LogP contribution < -0.4 is 27.2 Å². The largest absolute Gasteiger partial charge is 0.405 e. The molecule has 0 aliphatic heterocycles. The highest BCUT2D eigenvalue weighted by molar-refractivity contribution is 7.80. The average molecular weight is 473 g/mol. The van der Waals surface area contributed by atoms with Gasteiger partial charge in [-0.3, -0.25) is 10.9 Å². The highest BCUT2D eigenvalue weighted by Crippen LogP contribution is 2.13. The van der Waals surface area contributed by atoms with Crippen LogP contribution >= 0.6 is 24.4 Å². The van der Waals surface area contributed by atoms with Gasteiger partial charge in [-0.25, -0.2) is 0 Å². The summed E-state index contributed by atoms with van der Waals surface area (Å²) in [7, 11) is 0. The van der Waals surface area contributed by atoms with E-state index in [9.17, 15) is 26.3 Å². The molecule has 7 nitrogen and oxygen atoms in total. The number of halogens is 6. The molecule has 1 aromatic rings. The second kappa shape index (κ2) is 10.9. The predicted molar refractivity (Wildman–Crippen MR) is 110 cm³/mol. The molecule has 0 fully saturated rings. The van der Waals surface area contributed by atoms with Crippen LogP contribution in [0, 0.1) is 0 Å². The highest BCUT2D eigenvalue weighted by Gasteiger charge is 2.27. The second-order valence-electron chi connectivity index (χ2n) is 5.60. The number of anilines is 1. The monoisotopic (exact) mass is 473 g/mol. The van der Waals surface area contributed by atoms with E-state index in [0.29, 0.717) is 11.3 Å². The zero-order chi connectivity index (χ0) is 22.9. The summed E-state index contributed by atoms with van der Waals surface area (Å²) >= 11 is 9.43. The van der Waals surface area contributed by atoms with Crippen molar-refractivity contribution in [2.45, 2.75) is 19.3 Å². The molecule has 0 amide bonds. The van der Waals surface area contributed by atoms with Crippen molar-refractivity contribution in [1.29, 1.82) is 0 Å². The fourth-order valence-electron chi connectivity index (χ4n) is 1.73. The first-order chi connectivity index (χ1) is 13.8.